The molecule has 2 heterocycles. The van der Waals surface area contributed by atoms with Crippen LogP contribution in [0, 0.1) is 0 Å². The Morgan fingerprint density at radius 3 is 2.58 bits per heavy atom. The monoisotopic (exact) mass is 364 g/mol. The molecule has 0 amide bonds. The molecule has 1 aromatic carbocycles. The van der Waals surface area contributed by atoms with Crippen molar-refractivity contribution < 1.29 is 23.0 Å². The van der Waals surface area contributed by atoms with Gasteiger partial charge in [-0.1, -0.05) is 12.1 Å². The Morgan fingerprint density at radius 1 is 1.27 bits per heavy atom. The molecule has 0 fully saturated rings. The van der Waals surface area contributed by atoms with Crippen molar-refractivity contribution in [1.29, 1.82) is 0 Å². The van der Waals surface area contributed by atoms with Crippen LogP contribution in [0.4, 0.5) is 14.7 Å². The smallest absolute Gasteiger partial charge is 0.387 e. The maximum absolute atomic E-state index is 12.6. The van der Waals surface area contributed by atoms with Crippen LogP contribution in [-0.2, 0) is 9.53 Å². The molecule has 0 bridgehead atoms. The number of benzene rings is 1. The first-order valence-electron chi connectivity index (χ1n) is 8.00. The molecule has 0 unspecified atom stereocenters. The third-order valence-corrected chi connectivity index (χ3v) is 3.78. The van der Waals surface area contributed by atoms with E-state index in [4.69, 9.17) is 4.74 Å². The average Bonchev–Trinajstić information content (AvgIpc) is 3.01. The summed E-state index contributed by atoms with van der Waals surface area (Å²) in [5.74, 6) is 0.0223. The number of carbonyl (C=O) groups is 1. The number of anilines is 1. The number of esters is 1. The largest absolute Gasteiger partial charge is 0.459 e. The van der Waals surface area contributed by atoms with Crippen LogP contribution in [0.2, 0.25) is 0 Å². The zero-order valence-corrected chi connectivity index (χ0v) is 14.4. The van der Waals surface area contributed by atoms with E-state index in [1.165, 1.54) is 18.5 Å². The van der Waals surface area contributed by atoms with E-state index in [2.05, 4.69) is 20.1 Å². The van der Waals surface area contributed by atoms with Crippen molar-refractivity contribution in [2.45, 2.75) is 39.5 Å². The molecule has 1 aromatic heterocycles. The van der Waals surface area contributed by atoms with Crippen molar-refractivity contribution in [1.82, 2.24) is 14.8 Å². The molecule has 1 aliphatic heterocycles. The number of nitrogens with one attached hydrogen (secondary N) is 1. The quantitative estimate of drug-likeness (QED) is 0.822. The van der Waals surface area contributed by atoms with Crippen LogP contribution in [0.5, 0.6) is 5.75 Å². The first kappa shape index (κ1) is 17.8. The SMILES string of the molecule is CC1=C(C(=O)OC(C)C)[C@@H](c2ccc(OC(F)F)cc2)n2ncnc2N1. The predicted molar refractivity (Wildman–Crippen MR) is 88.8 cm³/mol. The number of aromatic nitrogens is 3. The van der Waals surface area contributed by atoms with Crippen molar-refractivity contribution in [3.63, 3.8) is 0 Å². The molecule has 2 aromatic rings. The Balaban J connectivity index is 2.02. The molecule has 1 atom stereocenters. The third-order valence-electron chi connectivity index (χ3n) is 3.78. The van der Waals surface area contributed by atoms with Crippen LogP contribution < -0.4 is 10.1 Å². The zero-order valence-electron chi connectivity index (χ0n) is 14.4. The fourth-order valence-corrected chi connectivity index (χ4v) is 2.77. The lowest BCUT2D eigenvalue weighted by Crippen LogP contribution is -2.30. The van der Waals surface area contributed by atoms with Crippen LogP contribution in [0.25, 0.3) is 0 Å². The van der Waals surface area contributed by atoms with Gasteiger partial charge in [0.2, 0.25) is 5.95 Å². The van der Waals surface area contributed by atoms with Gasteiger partial charge in [-0.3, -0.25) is 0 Å². The van der Waals surface area contributed by atoms with Gasteiger partial charge in [0.1, 0.15) is 18.1 Å². The third kappa shape index (κ3) is 3.51. The minimum atomic E-state index is -2.90. The van der Waals surface area contributed by atoms with Crippen molar-refractivity contribution in [3.8, 4) is 5.75 Å². The minimum Gasteiger partial charge on any atom is -0.459 e. The number of ether oxygens (including phenoxy) is 2. The summed E-state index contributed by atoms with van der Waals surface area (Å²) in [5.41, 5.74) is 1.63. The normalized spacial score (nSPS) is 16.5. The van der Waals surface area contributed by atoms with Crippen molar-refractivity contribution in [2.75, 3.05) is 5.32 Å². The molecule has 26 heavy (non-hydrogen) atoms. The number of nitrogens with zero attached hydrogens (tertiary/aromatic N) is 3. The Kier molecular flexibility index (Phi) is 4.88. The molecular formula is C17H18F2N4O3. The molecule has 9 heteroatoms. The second-order valence-electron chi connectivity index (χ2n) is 6.00. The van der Waals surface area contributed by atoms with Gasteiger partial charge in [-0.05, 0) is 38.5 Å². The Morgan fingerprint density at radius 2 is 1.96 bits per heavy atom. The molecule has 0 saturated carbocycles. The fourth-order valence-electron chi connectivity index (χ4n) is 2.77. The number of alkyl halides is 2. The Labute approximate surface area is 148 Å². The topological polar surface area (TPSA) is 78.3 Å². The average molecular weight is 364 g/mol. The molecule has 138 valence electrons. The van der Waals surface area contributed by atoms with Gasteiger partial charge in [0.15, 0.2) is 0 Å². The van der Waals surface area contributed by atoms with Crippen LogP contribution in [0.15, 0.2) is 41.9 Å². The van der Waals surface area contributed by atoms with Gasteiger partial charge in [0, 0.05) is 5.70 Å². The summed E-state index contributed by atoms with van der Waals surface area (Å²) in [6.45, 7) is 2.36. The molecule has 3 rings (SSSR count). The van der Waals surface area contributed by atoms with E-state index in [0.717, 1.165) is 0 Å². The lowest BCUT2D eigenvalue weighted by atomic mass is 9.95. The number of carbonyl (C=O) groups excluding carboxylic acids is 1. The van der Waals surface area contributed by atoms with Gasteiger partial charge < -0.3 is 14.8 Å². The first-order chi connectivity index (χ1) is 12.4. The number of fused-ring (bicyclic) bond motifs is 1. The first-order valence-corrected chi connectivity index (χ1v) is 8.00. The van der Waals surface area contributed by atoms with Gasteiger partial charge in [-0.15, -0.1) is 0 Å². The highest BCUT2D eigenvalue weighted by atomic mass is 19.3. The number of halogens is 2. The molecule has 7 nitrogen and oxygen atoms in total. The summed E-state index contributed by atoms with van der Waals surface area (Å²) in [7, 11) is 0. The maximum atomic E-state index is 12.6. The summed E-state index contributed by atoms with van der Waals surface area (Å²) in [6.07, 6.45) is 1.08. The second-order valence-corrected chi connectivity index (χ2v) is 6.00. The summed E-state index contributed by atoms with van der Waals surface area (Å²) < 4.78 is 36.0. The molecule has 1 N–H and O–H groups in total. The van der Waals surface area contributed by atoms with Gasteiger partial charge >= 0.3 is 12.6 Å². The zero-order chi connectivity index (χ0) is 18.8. The lowest BCUT2D eigenvalue weighted by Gasteiger charge is -2.28. The van der Waals surface area contributed by atoms with Gasteiger partial charge in [0.05, 0.1) is 11.7 Å². The molecule has 0 spiro atoms. The van der Waals surface area contributed by atoms with Crippen molar-refractivity contribution in [3.05, 3.63) is 47.4 Å². The van der Waals surface area contributed by atoms with Crippen LogP contribution >= 0.6 is 0 Å². The number of hydrogen-bond acceptors (Lipinski definition) is 6. The van der Waals surface area contributed by atoms with E-state index in [0.29, 0.717) is 22.8 Å². The van der Waals surface area contributed by atoms with Crippen LogP contribution in [0.1, 0.15) is 32.4 Å². The van der Waals surface area contributed by atoms with Crippen LogP contribution in [-0.4, -0.2) is 33.4 Å². The number of allylic oxidation sites excluding steroid dienone is 1. The van der Waals surface area contributed by atoms with E-state index in [1.807, 2.05) is 0 Å². The minimum absolute atomic E-state index is 0.0310. The molecule has 0 aliphatic carbocycles. The predicted octanol–water partition coefficient (Wildman–Crippen LogP) is 3.12. The standard InChI is InChI=1S/C17H18F2N4O3/c1-9(2)25-15(24)13-10(3)22-17-20-8-21-23(17)14(13)11-4-6-12(7-5-11)26-16(18)19/h4-9,14,16H,1-3H3,(H,20,21,22)/t14-/m1/s1. The lowest BCUT2D eigenvalue weighted by molar-refractivity contribution is -0.143. The Hall–Kier alpha value is -2.97. The maximum Gasteiger partial charge on any atom is 0.387 e. The summed E-state index contributed by atoms with van der Waals surface area (Å²) >= 11 is 0. The van der Waals surface area contributed by atoms with Crippen molar-refractivity contribution >= 4 is 11.9 Å². The van der Waals surface area contributed by atoms with E-state index in [9.17, 15) is 13.6 Å². The number of rotatable bonds is 5. The van der Waals surface area contributed by atoms with E-state index >= 15 is 0 Å². The van der Waals surface area contributed by atoms with Crippen molar-refractivity contribution in [2.24, 2.45) is 0 Å². The molecule has 0 radical (unpaired) electrons. The molecule has 1 aliphatic rings. The summed E-state index contributed by atoms with van der Waals surface area (Å²) in [6, 6.07) is 5.45. The highest BCUT2D eigenvalue weighted by Crippen LogP contribution is 2.36. The van der Waals surface area contributed by atoms with E-state index in [1.54, 1.807) is 37.6 Å². The van der Waals surface area contributed by atoms with E-state index < -0.39 is 18.6 Å². The Bertz CT molecular complexity index is 831. The highest BCUT2D eigenvalue weighted by molar-refractivity contribution is 5.92. The molecular weight excluding hydrogens is 346 g/mol. The fraction of sp³-hybridized carbons (Fsp3) is 0.353. The van der Waals surface area contributed by atoms with Gasteiger partial charge in [-0.25, -0.2) is 9.48 Å². The van der Waals surface area contributed by atoms with Gasteiger partial charge in [0.25, 0.3) is 0 Å². The summed E-state index contributed by atoms with van der Waals surface area (Å²) in [5, 5.41) is 7.21. The number of hydrogen-bond donors (Lipinski definition) is 1. The second kappa shape index (κ2) is 7.11. The molecule has 0 saturated heterocycles. The van der Waals surface area contributed by atoms with Crippen LogP contribution in [0.3, 0.4) is 0 Å². The van der Waals surface area contributed by atoms with E-state index in [-0.39, 0.29) is 11.9 Å². The highest BCUT2D eigenvalue weighted by Gasteiger charge is 2.34. The summed E-state index contributed by atoms with van der Waals surface area (Å²) in [4.78, 5) is 16.8. The van der Waals surface area contributed by atoms with Gasteiger partial charge in [-0.2, -0.15) is 18.9 Å².